The average molecular weight is 372 g/mol. The molecule has 0 unspecified atom stereocenters. The molecule has 3 aromatic heterocycles. The molecule has 130 valence electrons. The first kappa shape index (κ1) is 16.0. The number of rotatable bonds is 3. The molecule has 4 rings (SSSR count). The molecular weight excluding hydrogens is 362 g/mol. The minimum atomic E-state index is -0.472. The Morgan fingerprint density at radius 1 is 1.04 bits per heavy atom. The Hall–Kier alpha value is -3.47. The highest BCUT2D eigenvalue weighted by Crippen LogP contribution is 2.22. The van der Waals surface area contributed by atoms with Crippen LogP contribution in [0.5, 0.6) is 0 Å². The summed E-state index contributed by atoms with van der Waals surface area (Å²) in [4.78, 5) is 10.3. The van der Waals surface area contributed by atoms with E-state index in [1.54, 1.807) is 26.0 Å². The molecule has 0 aliphatic rings. The van der Waals surface area contributed by atoms with E-state index in [4.69, 9.17) is 11.6 Å². The molecule has 0 aliphatic carbocycles. The Labute approximate surface area is 150 Å². The van der Waals surface area contributed by atoms with Gasteiger partial charge in [-0.15, -0.1) is 25.5 Å². The summed E-state index contributed by atoms with van der Waals surface area (Å²) >= 11 is 6.17. The molecule has 0 fully saturated rings. The van der Waals surface area contributed by atoms with Crippen LogP contribution in [0, 0.1) is 24.0 Å². The topological polar surface area (TPSA) is 130 Å². The van der Waals surface area contributed by atoms with E-state index >= 15 is 0 Å². The average Bonchev–Trinajstić information content (AvgIpc) is 3.18. The molecule has 26 heavy (non-hydrogen) atoms. The predicted molar refractivity (Wildman–Crippen MR) is 90.1 cm³/mol. The maximum Gasteiger partial charge on any atom is 0.291 e. The highest BCUT2D eigenvalue weighted by atomic mass is 35.5. The van der Waals surface area contributed by atoms with Crippen molar-refractivity contribution in [2.75, 3.05) is 0 Å². The lowest BCUT2D eigenvalue weighted by molar-refractivity contribution is -0.384. The largest absolute Gasteiger partial charge is 0.291 e. The van der Waals surface area contributed by atoms with E-state index < -0.39 is 4.92 Å². The molecule has 0 radical (unpaired) electrons. The fourth-order valence-electron chi connectivity index (χ4n) is 2.44. The van der Waals surface area contributed by atoms with Gasteiger partial charge >= 0.3 is 0 Å². The summed E-state index contributed by atoms with van der Waals surface area (Å²) in [7, 11) is 0. The predicted octanol–water partition coefficient (Wildman–Crippen LogP) is 1.95. The third-order valence-electron chi connectivity index (χ3n) is 3.77. The molecule has 11 nitrogen and oxygen atoms in total. The van der Waals surface area contributed by atoms with Crippen molar-refractivity contribution in [2.24, 2.45) is 0 Å². The second-order valence-corrected chi connectivity index (χ2v) is 5.81. The smallest absolute Gasteiger partial charge is 0.258 e. The summed E-state index contributed by atoms with van der Waals surface area (Å²) < 4.78 is 2.87. The molecular formula is C14H10ClN9O2. The van der Waals surface area contributed by atoms with Gasteiger partial charge in [-0.25, -0.2) is 0 Å². The second kappa shape index (κ2) is 5.81. The van der Waals surface area contributed by atoms with E-state index in [2.05, 4.69) is 30.6 Å². The molecule has 0 N–H and O–H groups in total. The SMILES string of the molecule is Cc1nn(-c2nnc3nnc(-c4ccc([N+](=O)[O-])cc4)n3n2)c(C)c1Cl. The highest BCUT2D eigenvalue weighted by molar-refractivity contribution is 6.31. The van der Waals surface area contributed by atoms with Gasteiger partial charge < -0.3 is 0 Å². The van der Waals surface area contributed by atoms with Gasteiger partial charge in [0.1, 0.15) is 0 Å². The van der Waals surface area contributed by atoms with Crippen molar-refractivity contribution in [2.45, 2.75) is 13.8 Å². The van der Waals surface area contributed by atoms with Gasteiger partial charge in [-0.1, -0.05) is 11.6 Å². The zero-order valence-corrected chi connectivity index (χ0v) is 14.3. The summed E-state index contributed by atoms with van der Waals surface area (Å²) in [5.74, 6) is 0.765. The van der Waals surface area contributed by atoms with Gasteiger partial charge in [-0.2, -0.15) is 14.3 Å². The molecule has 3 heterocycles. The number of hydrogen-bond acceptors (Lipinski definition) is 8. The van der Waals surface area contributed by atoms with E-state index in [1.807, 2.05) is 0 Å². The molecule has 1 aromatic carbocycles. The van der Waals surface area contributed by atoms with Crippen LogP contribution in [0.3, 0.4) is 0 Å². The van der Waals surface area contributed by atoms with Crippen LogP contribution in [0.1, 0.15) is 11.4 Å². The molecule has 0 amide bonds. The Balaban J connectivity index is 1.84. The van der Waals surface area contributed by atoms with Gasteiger partial charge in [0.05, 0.1) is 21.3 Å². The van der Waals surface area contributed by atoms with Crippen LogP contribution < -0.4 is 0 Å². The molecule has 0 saturated carbocycles. The molecule has 0 atom stereocenters. The number of aromatic nitrogens is 8. The van der Waals surface area contributed by atoms with Crippen molar-refractivity contribution in [3.63, 3.8) is 0 Å². The number of hydrogen-bond donors (Lipinski definition) is 0. The van der Waals surface area contributed by atoms with Crippen LogP contribution in [0.2, 0.25) is 5.02 Å². The third kappa shape index (κ3) is 2.45. The number of fused-ring (bicyclic) bond motifs is 1. The van der Waals surface area contributed by atoms with Crippen LogP contribution in [0.25, 0.3) is 23.1 Å². The van der Waals surface area contributed by atoms with Gasteiger partial charge in [0.15, 0.2) is 5.82 Å². The Morgan fingerprint density at radius 3 is 2.35 bits per heavy atom. The Kier molecular flexibility index (Phi) is 3.58. The Morgan fingerprint density at radius 2 is 1.73 bits per heavy atom. The summed E-state index contributed by atoms with van der Waals surface area (Å²) in [5, 5.41) is 36.0. The summed E-state index contributed by atoms with van der Waals surface area (Å²) in [5.41, 5.74) is 1.90. The van der Waals surface area contributed by atoms with E-state index in [-0.39, 0.29) is 17.4 Å². The first-order chi connectivity index (χ1) is 12.5. The number of non-ortho nitro benzene ring substituents is 1. The quantitative estimate of drug-likeness (QED) is 0.394. The lowest BCUT2D eigenvalue weighted by Gasteiger charge is -2.03. The van der Waals surface area contributed by atoms with E-state index in [9.17, 15) is 10.1 Å². The fourth-order valence-corrected chi connectivity index (χ4v) is 2.56. The van der Waals surface area contributed by atoms with Crippen molar-refractivity contribution in [1.29, 1.82) is 0 Å². The van der Waals surface area contributed by atoms with Gasteiger partial charge in [0.2, 0.25) is 0 Å². The summed E-state index contributed by atoms with van der Waals surface area (Å²) in [6, 6.07) is 5.90. The van der Waals surface area contributed by atoms with Crippen molar-refractivity contribution in [3.05, 3.63) is 50.8 Å². The maximum absolute atomic E-state index is 10.8. The third-order valence-corrected chi connectivity index (χ3v) is 4.32. The van der Waals surface area contributed by atoms with E-state index in [1.165, 1.54) is 21.3 Å². The number of nitro benzene ring substituents is 1. The minimum Gasteiger partial charge on any atom is -0.258 e. The zero-order valence-electron chi connectivity index (χ0n) is 13.5. The van der Waals surface area contributed by atoms with Crippen molar-refractivity contribution in [3.8, 4) is 17.3 Å². The number of aryl methyl sites for hydroxylation is 1. The second-order valence-electron chi connectivity index (χ2n) is 5.44. The number of nitrogens with zero attached hydrogens (tertiary/aromatic N) is 9. The van der Waals surface area contributed by atoms with E-state index in [0.29, 0.717) is 27.8 Å². The van der Waals surface area contributed by atoms with Crippen molar-refractivity contribution < 1.29 is 4.92 Å². The molecule has 12 heteroatoms. The van der Waals surface area contributed by atoms with Crippen LogP contribution in [0.4, 0.5) is 5.69 Å². The van der Waals surface area contributed by atoms with Crippen LogP contribution in [-0.4, -0.2) is 44.7 Å². The minimum absolute atomic E-state index is 0.0201. The zero-order chi connectivity index (χ0) is 18.4. The lowest BCUT2D eigenvalue weighted by Crippen LogP contribution is -2.10. The fraction of sp³-hybridized carbons (Fsp3) is 0.143. The van der Waals surface area contributed by atoms with Gasteiger partial charge in [0.25, 0.3) is 17.4 Å². The molecule has 0 aliphatic heterocycles. The van der Waals surface area contributed by atoms with Crippen molar-refractivity contribution in [1.82, 2.24) is 39.8 Å². The maximum atomic E-state index is 10.8. The van der Waals surface area contributed by atoms with Crippen LogP contribution in [-0.2, 0) is 0 Å². The van der Waals surface area contributed by atoms with Crippen LogP contribution in [0.15, 0.2) is 24.3 Å². The first-order valence-electron chi connectivity index (χ1n) is 7.39. The Bertz CT molecular complexity index is 1150. The van der Waals surface area contributed by atoms with Crippen molar-refractivity contribution >= 4 is 23.1 Å². The van der Waals surface area contributed by atoms with Crippen LogP contribution >= 0.6 is 11.6 Å². The van der Waals surface area contributed by atoms with Gasteiger partial charge in [0, 0.05) is 17.7 Å². The number of halogens is 1. The molecule has 0 spiro atoms. The standard InChI is InChI=1S/C14H10ClN9O2/c1-7-11(15)8(2)22(20-7)14-19-18-13-17-16-12(23(13)21-14)9-3-5-10(6-4-9)24(25)26/h3-6H,1-2H3. The highest BCUT2D eigenvalue weighted by Gasteiger charge is 2.17. The summed E-state index contributed by atoms with van der Waals surface area (Å²) in [6.45, 7) is 3.57. The summed E-state index contributed by atoms with van der Waals surface area (Å²) in [6.07, 6.45) is 0. The van der Waals surface area contributed by atoms with Gasteiger partial charge in [-0.3, -0.25) is 10.1 Å². The molecule has 4 aromatic rings. The lowest BCUT2D eigenvalue weighted by atomic mass is 10.2. The van der Waals surface area contributed by atoms with Gasteiger partial charge in [-0.05, 0) is 26.0 Å². The molecule has 0 bridgehead atoms. The van der Waals surface area contributed by atoms with E-state index in [0.717, 1.165) is 0 Å². The monoisotopic (exact) mass is 371 g/mol. The molecule has 0 saturated heterocycles. The first-order valence-corrected chi connectivity index (χ1v) is 7.76. The number of benzene rings is 1. The normalized spacial score (nSPS) is 11.2. The number of nitro groups is 1.